The summed E-state index contributed by atoms with van der Waals surface area (Å²) in [4.78, 5) is 25.2. The third kappa shape index (κ3) is 9.67. The van der Waals surface area contributed by atoms with E-state index in [1.165, 1.54) is 5.56 Å². The third-order valence-corrected chi connectivity index (χ3v) is 6.33. The number of aryl methyl sites for hydroxylation is 1. The molecule has 0 saturated heterocycles. The van der Waals surface area contributed by atoms with E-state index in [4.69, 9.17) is 9.47 Å². The summed E-state index contributed by atoms with van der Waals surface area (Å²) in [6.45, 7) is 5.08. The Balaban J connectivity index is 1.94. The van der Waals surface area contributed by atoms with E-state index in [-0.39, 0.29) is 31.3 Å². The number of rotatable bonds is 14. The fourth-order valence-corrected chi connectivity index (χ4v) is 4.33. The molecule has 1 aliphatic rings. The molecule has 1 aliphatic carbocycles. The number of hydrogen-bond acceptors (Lipinski definition) is 5. The van der Waals surface area contributed by atoms with E-state index in [1.807, 2.05) is 25.1 Å². The molecule has 1 fully saturated rings. The Morgan fingerprint density at radius 3 is 2.50 bits per heavy atom. The lowest BCUT2D eigenvalue weighted by molar-refractivity contribution is -0.135. The number of benzene rings is 1. The first-order valence-corrected chi connectivity index (χ1v) is 12.0. The minimum absolute atomic E-state index is 0.0174. The van der Waals surface area contributed by atoms with Gasteiger partial charge in [-0.05, 0) is 69.8 Å². The number of hydrogen-bond donors (Lipinski definition) is 3. The largest absolute Gasteiger partial charge is 0.356 e. The van der Waals surface area contributed by atoms with Crippen LogP contribution in [0, 0.1) is 17.8 Å². The first-order valence-electron chi connectivity index (χ1n) is 12.0. The maximum atomic E-state index is 12.9. The van der Waals surface area contributed by atoms with Crippen molar-refractivity contribution in [3.63, 3.8) is 0 Å². The number of carbonyl (C=O) groups excluding carboxylic acids is 2. The van der Waals surface area contributed by atoms with Crippen molar-refractivity contribution >= 4 is 11.8 Å². The zero-order valence-corrected chi connectivity index (χ0v) is 19.6. The van der Waals surface area contributed by atoms with E-state index >= 15 is 0 Å². The van der Waals surface area contributed by atoms with Gasteiger partial charge in [-0.3, -0.25) is 14.8 Å². The molecule has 2 atom stereocenters. The SMILES string of the molecule is CCOCOCC(CC(CCCc1ccccc1)C(=O)NO)NC(=O)C1CCC(C)CC1. The molecule has 0 spiro atoms. The molecule has 0 heterocycles. The molecular weight excluding hydrogens is 408 g/mol. The first-order chi connectivity index (χ1) is 15.5. The smallest absolute Gasteiger partial charge is 0.246 e. The first kappa shape index (κ1) is 26.3. The zero-order chi connectivity index (χ0) is 23.2. The van der Waals surface area contributed by atoms with Crippen molar-refractivity contribution in [2.45, 2.75) is 71.3 Å². The molecule has 7 heteroatoms. The summed E-state index contributed by atoms with van der Waals surface area (Å²) in [5, 5.41) is 12.4. The van der Waals surface area contributed by atoms with E-state index in [2.05, 4.69) is 24.4 Å². The van der Waals surface area contributed by atoms with Crippen molar-refractivity contribution < 1.29 is 24.3 Å². The molecule has 3 N–H and O–H groups in total. The van der Waals surface area contributed by atoms with Crippen LogP contribution in [0.4, 0.5) is 0 Å². The minimum atomic E-state index is -0.423. The highest BCUT2D eigenvalue weighted by Gasteiger charge is 2.28. The Morgan fingerprint density at radius 2 is 1.84 bits per heavy atom. The molecule has 1 aromatic rings. The molecule has 2 rings (SSSR count). The summed E-state index contributed by atoms with van der Waals surface area (Å²) in [5.74, 6) is -0.116. The van der Waals surface area contributed by atoms with Crippen LogP contribution in [-0.4, -0.2) is 43.1 Å². The van der Waals surface area contributed by atoms with Crippen molar-refractivity contribution in [1.82, 2.24) is 10.8 Å². The van der Waals surface area contributed by atoms with Gasteiger partial charge < -0.3 is 14.8 Å². The normalized spacial score (nSPS) is 20.3. The van der Waals surface area contributed by atoms with Crippen LogP contribution in [0.3, 0.4) is 0 Å². The maximum absolute atomic E-state index is 12.9. The number of amides is 2. The molecular formula is C25H40N2O5. The second-order valence-corrected chi connectivity index (χ2v) is 8.93. The van der Waals surface area contributed by atoms with E-state index in [1.54, 1.807) is 5.48 Å². The second kappa shape index (κ2) is 15.0. The highest BCUT2D eigenvalue weighted by atomic mass is 16.7. The lowest BCUT2D eigenvalue weighted by Crippen LogP contribution is -2.45. The quantitative estimate of drug-likeness (QED) is 0.174. The van der Waals surface area contributed by atoms with Crippen LogP contribution in [0.1, 0.15) is 64.4 Å². The molecule has 0 radical (unpaired) electrons. The monoisotopic (exact) mass is 448 g/mol. The minimum Gasteiger partial charge on any atom is -0.356 e. The number of carbonyl (C=O) groups is 2. The number of nitrogens with one attached hydrogen (secondary N) is 2. The van der Waals surface area contributed by atoms with Crippen molar-refractivity contribution in [3.8, 4) is 0 Å². The van der Waals surface area contributed by atoms with Gasteiger partial charge in [-0.2, -0.15) is 0 Å². The van der Waals surface area contributed by atoms with Gasteiger partial charge in [0.05, 0.1) is 12.6 Å². The van der Waals surface area contributed by atoms with Crippen molar-refractivity contribution in [2.75, 3.05) is 20.0 Å². The molecule has 7 nitrogen and oxygen atoms in total. The predicted octanol–water partition coefficient (Wildman–Crippen LogP) is 3.84. The van der Waals surface area contributed by atoms with Gasteiger partial charge in [0.1, 0.15) is 6.79 Å². The van der Waals surface area contributed by atoms with E-state index in [9.17, 15) is 14.8 Å². The summed E-state index contributed by atoms with van der Waals surface area (Å²) in [6, 6.07) is 9.80. The van der Waals surface area contributed by atoms with Crippen molar-refractivity contribution in [1.29, 1.82) is 0 Å². The van der Waals surface area contributed by atoms with Gasteiger partial charge >= 0.3 is 0 Å². The molecule has 1 aromatic carbocycles. The number of ether oxygens (including phenoxy) is 2. The van der Waals surface area contributed by atoms with E-state index in [0.29, 0.717) is 25.4 Å². The van der Waals surface area contributed by atoms with Crippen LogP contribution < -0.4 is 10.8 Å². The van der Waals surface area contributed by atoms with Gasteiger partial charge in [0.25, 0.3) is 0 Å². The highest BCUT2D eigenvalue weighted by Crippen LogP contribution is 2.28. The Labute approximate surface area is 192 Å². The lowest BCUT2D eigenvalue weighted by Gasteiger charge is -2.29. The van der Waals surface area contributed by atoms with E-state index in [0.717, 1.165) is 38.5 Å². The maximum Gasteiger partial charge on any atom is 0.246 e. The van der Waals surface area contributed by atoms with Gasteiger partial charge in [0.2, 0.25) is 11.8 Å². The molecule has 0 aliphatic heterocycles. The average Bonchev–Trinajstić information content (AvgIpc) is 2.81. The van der Waals surface area contributed by atoms with Crippen LogP contribution in [-0.2, 0) is 25.5 Å². The van der Waals surface area contributed by atoms with Gasteiger partial charge in [-0.15, -0.1) is 0 Å². The summed E-state index contributed by atoms with van der Waals surface area (Å²) < 4.78 is 10.8. The number of hydroxylamine groups is 1. The second-order valence-electron chi connectivity index (χ2n) is 8.93. The predicted molar refractivity (Wildman–Crippen MR) is 123 cm³/mol. The summed E-state index contributed by atoms with van der Waals surface area (Å²) in [6.07, 6.45) is 6.62. The van der Waals surface area contributed by atoms with Gasteiger partial charge in [-0.25, -0.2) is 5.48 Å². The van der Waals surface area contributed by atoms with Crippen LogP contribution in [0.15, 0.2) is 30.3 Å². The van der Waals surface area contributed by atoms with Crippen LogP contribution >= 0.6 is 0 Å². The fourth-order valence-electron chi connectivity index (χ4n) is 4.33. The van der Waals surface area contributed by atoms with Crippen molar-refractivity contribution in [3.05, 3.63) is 35.9 Å². The Hall–Kier alpha value is -1.96. The Bertz CT molecular complexity index is 662. The molecule has 2 amide bonds. The lowest BCUT2D eigenvalue weighted by atomic mass is 9.82. The molecule has 32 heavy (non-hydrogen) atoms. The highest BCUT2D eigenvalue weighted by molar-refractivity contribution is 5.79. The van der Waals surface area contributed by atoms with Gasteiger partial charge in [0.15, 0.2) is 0 Å². The summed E-state index contributed by atoms with van der Waals surface area (Å²) in [7, 11) is 0. The molecule has 180 valence electrons. The molecule has 0 aromatic heterocycles. The molecule has 0 bridgehead atoms. The third-order valence-electron chi connectivity index (χ3n) is 6.33. The van der Waals surface area contributed by atoms with Crippen LogP contribution in [0.25, 0.3) is 0 Å². The zero-order valence-electron chi connectivity index (χ0n) is 19.6. The standard InChI is InChI=1S/C25H40N2O5/c1-3-31-18-32-17-23(26-24(28)21-14-12-19(2)13-15-21)16-22(25(29)27-30)11-7-10-20-8-5-4-6-9-20/h4-6,8-9,19,21-23,30H,3,7,10-18H2,1-2H3,(H,26,28)(H,27,29). The van der Waals surface area contributed by atoms with E-state index < -0.39 is 11.8 Å². The Kier molecular flexibility index (Phi) is 12.3. The van der Waals surface area contributed by atoms with Gasteiger partial charge in [0, 0.05) is 18.4 Å². The van der Waals surface area contributed by atoms with Crippen molar-refractivity contribution in [2.24, 2.45) is 17.8 Å². The van der Waals surface area contributed by atoms with Crippen LogP contribution in [0.2, 0.25) is 0 Å². The fraction of sp³-hybridized carbons (Fsp3) is 0.680. The molecule has 2 unspecified atom stereocenters. The van der Waals surface area contributed by atoms with Crippen LogP contribution in [0.5, 0.6) is 0 Å². The molecule has 1 saturated carbocycles. The summed E-state index contributed by atoms with van der Waals surface area (Å²) in [5.41, 5.74) is 3.01. The van der Waals surface area contributed by atoms with Gasteiger partial charge in [-0.1, -0.05) is 37.3 Å². The average molecular weight is 449 g/mol. The topological polar surface area (TPSA) is 96.9 Å². The Morgan fingerprint density at radius 1 is 1.12 bits per heavy atom. The summed E-state index contributed by atoms with van der Waals surface area (Å²) >= 11 is 0.